The van der Waals surface area contributed by atoms with Crippen LogP contribution in [0, 0.1) is 36.5 Å². The normalized spacial score (nSPS) is 27.3. The molecule has 2 fully saturated rings. The second-order valence-electron chi connectivity index (χ2n) is 13.2. The van der Waals surface area contributed by atoms with Gasteiger partial charge >= 0.3 is 0 Å². The highest BCUT2D eigenvalue weighted by Gasteiger charge is 2.60. The molecule has 0 spiro atoms. The van der Waals surface area contributed by atoms with E-state index in [4.69, 9.17) is 23.1 Å². The zero-order valence-electron chi connectivity index (χ0n) is 26.2. The fourth-order valence-corrected chi connectivity index (χ4v) is 8.66. The van der Waals surface area contributed by atoms with Crippen molar-refractivity contribution in [1.82, 2.24) is 0 Å². The van der Waals surface area contributed by atoms with Crippen LogP contribution in [0.4, 0.5) is 0 Å². The van der Waals surface area contributed by atoms with Gasteiger partial charge in [0.2, 0.25) is 0 Å². The van der Waals surface area contributed by atoms with E-state index < -0.39 is 15.7 Å². The Morgan fingerprint density at radius 3 is 2.05 bits per heavy atom. The van der Waals surface area contributed by atoms with E-state index >= 15 is 0 Å². The zero-order valence-corrected chi connectivity index (χ0v) is 27.0. The average Bonchev–Trinajstić information content (AvgIpc) is 2.92. The van der Waals surface area contributed by atoms with E-state index in [0.29, 0.717) is 30.3 Å². The maximum absolute atomic E-state index is 13.2. The molecular formula is C33H48O8S. The molecule has 0 radical (unpaired) electrons. The zero-order chi connectivity index (χ0) is 30.8. The summed E-state index contributed by atoms with van der Waals surface area (Å²) in [6.07, 6.45) is 4.70. The Bertz CT molecular complexity index is 1290. The molecule has 0 saturated heterocycles. The number of hydrogen-bond donors (Lipinski definition) is 1. The number of benzene rings is 2. The van der Waals surface area contributed by atoms with Gasteiger partial charge in [-0.3, -0.25) is 4.18 Å². The van der Waals surface area contributed by atoms with Crippen LogP contribution in [0.1, 0.15) is 69.6 Å². The van der Waals surface area contributed by atoms with E-state index in [-0.39, 0.29) is 41.8 Å². The van der Waals surface area contributed by atoms with Crippen molar-refractivity contribution in [3.63, 3.8) is 0 Å². The lowest BCUT2D eigenvalue weighted by Crippen LogP contribution is -2.61. The van der Waals surface area contributed by atoms with Gasteiger partial charge in [0.1, 0.15) is 11.5 Å². The Hall–Kier alpha value is -2.17. The lowest BCUT2D eigenvalue weighted by Gasteiger charge is -2.61. The Labute approximate surface area is 251 Å². The molecule has 2 aromatic rings. The molecule has 0 amide bonds. The number of aryl methyl sites for hydroxylation is 2. The van der Waals surface area contributed by atoms with Crippen LogP contribution in [-0.4, -0.2) is 53.5 Å². The van der Waals surface area contributed by atoms with Gasteiger partial charge < -0.3 is 24.1 Å². The second-order valence-corrected chi connectivity index (χ2v) is 14.8. The highest BCUT2D eigenvalue weighted by molar-refractivity contribution is 7.86. The summed E-state index contributed by atoms with van der Waals surface area (Å²) in [5.74, 6) is 1.22. The Kier molecular flexibility index (Phi) is 10.00. The molecule has 2 aromatic carbocycles. The Morgan fingerprint density at radius 2 is 1.48 bits per heavy atom. The standard InChI is InChI=1S/C33H48O8S/c1-23-9-11-25(12-10-23)42(35,36)41-20-33(34)16-13-29-31(3,4)14-8-15-32(29,5)30(33)19-26-27(39-21-37-6)17-24(2)18-28(26)40-22-38-7/h9-12,17-18,29-30,34H,8,13-16,19-22H2,1-7H3/t29-,30+,32-,33-/m1/s1. The predicted molar refractivity (Wildman–Crippen MR) is 161 cm³/mol. The van der Waals surface area contributed by atoms with Crippen molar-refractivity contribution >= 4 is 10.1 Å². The summed E-state index contributed by atoms with van der Waals surface area (Å²) >= 11 is 0. The van der Waals surface area contributed by atoms with Gasteiger partial charge in [-0.1, -0.05) is 44.9 Å². The fraction of sp³-hybridized carbons (Fsp3) is 0.636. The fourth-order valence-electron chi connectivity index (χ4n) is 7.69. The van der Waals surface area contributed by atoms with E-state index in [0.717, 1.165) is 42.4 Å². The minimum atomic E-state index is -4.07. The highest BCUT2D eigenvalue weighted by atomic mass is 32.2. The average molecular weight is 605 g/mol. The third-order valence-corrected chi connectivity index (χ3v) is 11.0. The second kappa shape index (κ2) is 12.8. The smallest absolute Gasteiger partial charge is 0.297 e. The van der Waals surface area contributed by atoms with Gasteiger partial charge in [-0.05, 0) is 98.4 Å². The molecule has 9 heteroatoms. The monoisotopic (exact) mass is 604 g/mol. The van der Waals surface area contributed by atoms with Crippen molar-refractivity contribution in [2.75, 3.05) is 34.4 Å². The van der Waals surface area contributed by atoms with Crippen molar-refractivity contribution in [3.05, 3.63) is 53.1 Å². The summed E-state index contributed by atoms with van der Waals surface area (Å²) in [5, 5.41) is 12.5. The molecule has 1 N–H and O–H groups in total. The van der Waals surface area contributed by atoms with E-state index in [1.165, 1.54) is 0 Å². The van der Waals surface area contributed by atoms with Gasteiger partial charge in [-0.2, -0.15) is 8.42 Å². The summed E-state index contributed by atoms with van der Waals surface area (Å²) in [6.45, 7) is 10.6. The molecule has 0 aliphatic heterocycles. The van der Waals surface area contributed by atoms with Gasteiger partial charge in [0.25, 0.3) is 10.1 Å². The molecule has 4 rings (SSSR count). The number of ether oxygens (including phenoxy) is 4. The lowest BCUT2D eigenvalue weighted by molar-refractivity contribution is -0.185. The highest BCUT2D eigenvalue weighted by Crippen LogP contribution is 2.63. The third-order valence-electron chi connectivity index (χ3n) is 9.75. The summed E-state index contributed by atoms with van der Waals surface area (Å²) in [5.41, 5.74) is 1.09. The number of aliphatic hydroxyl groups is 1. The largest absolute Gasteiger partial charge is 0.467 e. The summed E-state index contributed by atoms with van der Waals surface area (Å²) in [4.78, 5) is 0.0796. The first kappa shape index (κ1) is 32.7. The van der Waals surface area contributed by atoms with Gasteiger partial charge in [0.15, 0.2) is 13.6 Å². The van der Waals surface area contributed by atoms with Crippen molar-refractivity contribution < 1.29 is 36.7 Å². The van der Waals surface area contributed by atoms with Gasteiger partial charge in [0.05, 0.1) is 17.1 Å². The van der Waals surface area contributed by atoms with Gasteiger partial charge in [-0.25, -0.2) is 0 Å². The van der Waals surface area contributed by atoms with Crippen LogP contribution in [0.15, 0.2) is 41.3 Å². The van der Waals surface area contributed by atoms with E-state index in [2.05, 4.69) is 20.8 Å². The van der Waals surface area contributed by atoms with Crippen LogP contribution in [-0.2, 0) is 30.2 Å². The molecule has 0 heterocycles. The topological polar surface area (TPSA) is 101 Å². The minimum absolute atomic E-state index is 0.0555. The van der Waals surface area contributed by atoms with Crippen LogP contribution >= 0.6 is 0 Å². The van der Waals surface area contributed by atoms with Crippen LogP contribution in [0.3, 0.4) is 0 Å². The van der Waals surface area contributed by atoms with Crippen molar-refractivity contribution in [3.8, 4) is 11.5 Å². The number of methoxy groups -OCH3 is 2. The first-order chi connectivity index (χ1) is 19.8. The molecule has 8 nitrogen and oxygen atoms in total. The maximum atomic E-state index is 13.2. The van der Waals surface area contributed by atoms with Crippen molar-refractivity contribution in [1.29, 1.82) is 0 Å². The van der Waals surface area contributed by atoms with E-state index in [1.54, 1.807) is 38.5 Å². The third kappa shape index (κ3) is 6.81. The molecule has 2 aliphatic carbocycles. The molecular weight excluding hydrogens is 556 g/mol. The van der Waals surface area contributed by atoms with Gasteiger partial charge in [-0.15, -0.1) is 0 Å². The Balaban J connectivity index is 1.77. The number of hydrogen-bond acceptors (Lipinski definition) is 8. The predicted octanol–water partition coefficient (Wildman–Crippen LogP) is 6.19. The summed E-state index contributed by atoms with van der Waals surface area (Å²) in [6, 6.07) is 10.4. The van der Waals surface area contributed by atoms with Crippen LogP contribution in [0.25, 0.3) is 0 Å². The molecule has 2 saturated carbocycles. The molecule has 234 valence electrons. The van der Waals surface area contributed by atoms with Crippen LogP contribution < -0.4 is 9.47 Å². The lowest BCUT2D eigenvalue weighted by atomic mass is 9.45. The number of rotatable bonds is 12. The van der Waals surface area contributed by atoms with Crippen LogP contribution in [0.2, 0.25) is 0 Å². The van der Waals surface area contributed by atoms with Crippen molar-refractivity contribution in [2.24, 2.45) is 22.7 Å². The molecule has 42 heavy (non-hydrogen) atoms. The summed E-state index contributed by atoms with van der Waals surface area (Å²) < 4.78 is 54.7. The molecule has 0 unspecified atom stereocenters. The van der Waals surface area contributed by atoms with Crippen molar-refractivity contribution in [2.45, 2.75) is 83.6 Å². The molecule has 2 aliphatic rings. The Morgan fingerprint density at radius 1 is 0.881 bits per heavy atom. The SMILES string of the molecule is COCOc1cc(C)cc(OCOC)c1C[C@@H]1[C@](O)(COS(=O)(=O)c2ccc(C)cc2)CC[C@@H]2C(C)(C)CCC[C@]21C. The maximum Gasteiger partial charge on any atom is 0.297 e. The quantitative estimate of drug-likeness (QED) is 0.226. The molecule has 0 bridgehead atoms. The van der Waals surface area contributed by atoms with E-state index in [1.807, 2.05) is 26.0 Å². The van der Waals surface area contributed by atoms with Crippen LogP contribution in [0.5, 0.6) is 11.5 Å². The first-order valence-electron chi connectivity index (χ1n) is 14.8. The number of fused-ring (bicyclic) bond motifs is 1. The summed E-state index contributed by atoms with van der Waals surface area (Å²) in [7, 11) is -0.934. The first-order valence-corrected chi connectivity index (χ1v) is 16.2. The minimum Gasteiger partial charge on any atom is -0.467 e. The molecule has 0 aromatic heterocycles. The van der Waals surface area contributed by atoms with E-state index in [9.17, 15) is 13.5 Å². The van der Waals surface area contributed by atoms with Gasteiger partial charge in [0, 0.05) is 19.8 Å². The molecule has 4 atom stereocenters.